The lowest BCUT2D eigenvalue weighted by Crippen LogP contribution is -2.19. The molecule has 0 atom stereocenters. The molecule has 0 spiro atoms. The van der Waals surface area contributed by atoms with Gasteiger partial charge in [-0.25, -0.2) is 9.97 Å². The second-order valence-corrected chi connectivity index (χ2v) is 5.93. The first-order valence-corrected chi connectivity index (χ1v) is 7.18. The third-order valence-corrected chi connectivity index (χ3v) is 4.23. The Labute approximate surface area is 125 Å². The fraction of sp³-hybridized carbons (Fsp3) is 0.133. The van der Waals surface area contributed by atoms with Gasteiger partial charge in [0.25, 0.3) is 5.56 Å². The van der Waals surface area contributed by atoms with Gasteiger partial charge in [-0.15, -0.1) is 11.3 Å². The Morgan fingerprint density at radius 3 is 2.71 bits per heavy atom. The van der Waals surface area contributed by atoms with E-state index in [1.54, 1.807) is 35.1 Å². The van der Waals surface area contributed by atoms with Gasteiger partial charge in [-0.3, -0.25) is 9.36 Å². The molecule has 0 aliphatic heterocycles. The van der Waals surface area contributed by atoms with E-state index >= 15 is 0 Å². The highest BCUT2D eigenvalue weighted by atomic mass is 32.1. The lowest BCUT2D eigenvalue weighted by molar-refractivity contribution is 0.472. The van der Waals surface area contributed by atoms with Crippen LogP contribution in [0.15, 0.2) is 41.6 Å². The lowest BCUT2D eigenvalue weighted by Gasteiger charge is -2.09. The molecule has 0 aromatic carbocycles. The molecule has 3 heterocycles. The molecule has 21 heavy (non-hydrogen) atoms. The Morgan fingerprint density at radius 2 is 2.05 bits per heavy atom. The highest BCUT2D eigenvalue weighted by Crippen LogP contribution is 2.32. The van der Waals surface area contributed by atoms with Crippen LogP contribution in [0.5, 0.6) is 5.75 Å². The maximum atomic E-state index is 12.1. The lowest BCUT2D eigenvalue weighted by atomic mass is 10.2. The van der Waals surface area contributed by atoms with Gasteiger partial charge in [0, 0.05) is 22.8 Å². The van der Waals surface area contributed by atoms with Crippen LogP contribution >= 0.6 is 11.3 Å². The highest BCUT2D eigenvalue weighted by Gasteiger charge is 2.13. The van der Waals surface area contributed by atoms with Gasteiger partial charge in [-0.1, -0.05) is 0 Å². The van der Waals surface area contributed by atoms with Crippen molar-refractivity contribution in [3.05, 3.63) is 57.7 Å². The smallest absolute Gasteiger partial charge is 0.259 e. The predicted molar refractivity (Wildman–Crippen MR) is 82.1 cm³/mol. The zero-order valence-electron chi connectivity index (χ0n) is 11.6. The van der Waals surface area contributed by atoms with Crippen LogP contribution in [0.2, 0.25) is 0 Å². The van der Waals surface area contributed by atoms with Crippen molar-refractivity contribution in [1.82, 2.24) is 14.5 Å². The molecule has 0 unspecified atom stereocenters. The zero-order valence-corrected chi connectivity index (χ0v) is 12.4. The van der Waals surface area contributed by atoms with Crippen LogP contribution in [-0.4, -0.2) is 19.6 Å². The monoisotopic (exact) mass is 299 g/mol. The van der Waals surface area contributed by atoms with Crippen LogP contribution in [0.1, 0.15) is 10.6 Å². The fourth-order valence-corrected chi connectivity index (χ4v) is 3.23. The van der Waals surface area contributed by atoms with E-state index in [0.717, 1.165) is 21.1 Å². The molecule has 1 N–H and O–H groups in total. The van der Waals surface area contributed by atoms with E-state index < -0.39 is 0 Å². The number of rotatable bonds is 2. The van der Waals surface area contributed by atoms with Crippen LogP contribution in [0, 0.1) is 13.8 Å². The Balaban J connectivity index is 2.18. The van der Waals surface area contributed by atoms with Gasteiger partial charge in [-0.2, -0.15) is 0 Å². The number of hydrogen-bond donors (Lipinski definition) is 1. The minimum atomic E-state index is -0.248. The van der Waals surface area contributed by atoms with Crippen molar-refractivity contribution in [2.45, 2.75) is 13.8 Å². The van der Waals surface area contributed by atoms with E-state index in [1.807, 2.05) is 19.1 Å². The average molecular weight is 299 g/mol. The molecule has 106 valence electrons. The molecule has 0 saturated carbocycles. The van der Waals surface area contributed by atoms with Gasteiger partial charge in [0.1, 0.15) is 12.1 Å². The van der Waals surface area contributed by atoms with Crippen molar-refractivity contribution in [3.63, 3.8) is 0 Å². The van der Waals surface area contributed by atoms with Crippen molar-refractivity contribution in [3.8, 4) is 22.0 Å². The van der Waals surface area contributed by atoms with E-state index in [-0.39, 0.29) is 11.3 Å². The summed E-state index contributed by atoms with van der Waals surface area (Å²) >= 11 is 1.57. The molecule has 6 heteroatoms. The molecule has 3 aromatic heterocycles. The molecule has 0 fully saturated rings. The molecular formula is C15H13N3O2S. The number of aromatic hydroxyl groups is 1. The number of pyridine rings is 1. The van der Waals surface area contributed by atoms with E-state index in [4.69, 9.17) is 0 Å². The Hall–Kier alpha value is -2.47. The minimum Gasteiger partial charge on any atom is -0.508 e. The summed E-state index contributed by atoms with van der Waals surface area (Å²) in [4.78, 5) is 22.3. The van der Waals surface area contributed by atoms with E-state index in [2.05, 4.69) is 9.97 Å². The molecule has 5 nitrogen and oxygen atoms in total. The van der Waals surface area contributed by atoms with Crippen molar-refractivity contribution in [2.75, 3.05) is 0 Å². The van der Waals surface area contributed by atoms with Crippen molar-refractivity contribution >= 4 is 11.3 Å². The third-order valence-electron chi connectivity index (χ3n) is 3.17. The highest BCUT2D eigenvalue weighted by molar-refractivity contribution is 7.15. The van der Waals surface area contributed by atoms with E-state index in [9.17, 15) is 9.90 Å². The topological polar surface area (TPSA) is 68.0 Å². The summed E-state index contributed by atoms with van der Waals surface area (Å²) in [7, 11) is 0. The van der Waals surface area contributed by atoms with E-state index in [0.29, 0.717) is 5.69 Å². The number of nitrogens with zero attached hydrogens (tertiary/aromatic N) is 3. The summed E-state index contributed by atoms with van der Waals surface area (Å²) in [6.07, 6.45) is 3.19. The van der Waals surface area contributed by atoms with Crippen molar-refractivity contribution < 1.29 is 5.11 Å². The summed E-state index contributed by atoms with van der Waals surface area (Å²) in [6, 6.07) is 6.56. The first kappa shape index (κ1) is 13.5. The molecule has 0 aliphatic carbocycles. The van der Waals surface area contributed by atoms with Gasteiger partial charge >= 0.3 is 0 Å². The molecule has 0 bridgehead atoms. The first-order valence-electron chi connectivity index (χ1n) is 6.36. The van der Waals surface area contributed by atoms with Gasteiger partial charge in [0.2, 0.25) is 0 Å². The zero-order chi connectivity index (χ0) is 15.0. The summed E-state index contributed by atoms with van der Waals surface area (Å²) in [5, 5.41) is 9.49. The standard InChI is InChI=1S/C15H13N3O2S/c1-9-5-11(19)6-15(20)18(9)13-7-14(21-10(13)2)12-3-4-16-8-17-12/h3-8,19H,1-2H3. The largest absolute Gasteiger partial charge is 0.508 e. The van der Waals surface area contributed by atoms with Crippen molar-refractivity contribution in [1.29, 1.82) is 0 Å². The number of aromatic nitrogens is 3. The summed E-state index contributed by atoms with van der Waals surface area (Å²) < 4.78 is 1.59. The Kier molecular flexibility index (Phi) is 3.31. The summed E-state index contributed by atoms with van der Waals surface area (Å²) in [5.41, 5.74) is 2.09. The average Bonchev–Trinajstić information content (AvgIpc) is 2.81. The second-order valence-electron chi connectivity index (χ2n) is 4.68. The molecule has 0 radical (unpaired) electrons. The van der Waals surface area contributed by atoms with E-state index in [1.165, 1.54) is 12.4 Å². The maximum Gasteiger partial charge on any atom is 0.259 e. The van der Waals surface area contributed by atoms with Crippen LogP contribution in [0.25, 0.3) is 16.3 Å². The normalized spacial score (nSPS) is 10.8. The molecule has 3 rings (SSSR count). The molecule has 3 aromatic rings. The van der Waals surface area contributed by atoms with Gasteiger partial charge in [-0.05, 0) is 32.0 Å². The first-order chi connectivity index (χ1) is 10.1. The fourth-order valence-electron chi connectivity index (χ4n) is 2.25. The molecular weight excluding hydrogens is 286 g/mol. The Morgan fingerprint density at radius 1 is 1.24 bits per heavy atom. The quantitative estimate of drug-likeness (QED) is 0.790. The molecule has 0 aliphatic rings. The summed E-state index contributed by atoms with van der Waals surface area (Å²) in [5.74, 6) is -0.0161. The third kappa shape index (κ3) is 2.45. The number of thiophene rings is 1. The van der Waals surface area contributed by atoms with Gasteiger partial charge in [0.05, 0.1) is 16.3 Å². The van der Waals surface area contributed by atoms with Gasteiger partial charge in [0.15, 0.2) is 0 Å². The van der Waals surface area contributed by atoms with Crippen LogP contribution in [0.3, 0.4) is 0 Å². The number of aryl methyl sites for hydroxylation is 2. The van der Waals surface area contributed by atoms with Crippen LogP contribution in [-0.2, 0) is 0 Å². The molecule has 0 amide bonds. The minimum absolute atomic E-state index is 0.0161. The van der Waals surface area contributed by atoms with Gasteiger partial charge < -0.3 is 5.11 Å². The SMILES string of the molecule is Cc1sc(-c2ccncn2)cc1-n1c(C)cc(O)cc1=O. The number of hydrogen-bond acceptors (Lipinski definition) is 5. The second kappa shape index (κ2) is 5.14. The maximum absolute atomic E-state index is 12.1. The van der Waals surface area contributed by atoms with Crippen LogP contribution in [0.4, 0.5) is 0 Å². The van der Waals surface area contributed by atoms with Crippen molar-refractivity contribution in [2.24, 2.45) is 0 Å². The van der Waals surface area contributed by atoms with Crippen LogP contribution < -0.4 is 5.56 Å². The summed E-state index contributed by atoms with van der Waals surface area (Å²) in [6.45, 7) is 3.76. The predicted octanol–water partition coefficient (Wildman–Crippen LogP) is 2.68. The Bertz CT molecular complexity index is 853. The molecule has 0 saturated heterocycles.